The smallest absolute Gasteiger partial charge is 0.251 e. The van der Waals surface area contributed by atoms with Crippen LogP contribution in [0.5, 0.6) is 0 Å². The van der Waals surface area contributed by atoms with E-state index in [4.69, 9.17) is 0 Å². The monoisotopic (exact) mass is 642 g/mol. The quantitative estimate of drug-likeness (QED) is 0.325. The van der Waals surface area contributed by atoms with E-state index in [0.717, 1.165) is 48.8 Å². The van der Waals surface area contributed by atoms with E-state index in [9.17, 15) is 23.1 Å². The van der Waals surface area contributed by atoms with Gasteiger partial charge in [-0.25, -0.2) is 22.5 Å². The van der Waals surface area contributed by atoms with Crippen LogP contribution in [0.2, 0.25) is 0 Å². The van der Waals surface area contributed by atoms with Gasteiger partial charge in [0.05, 0.1) is 19.1 Å². The Morgan fingerprint density at radius 3 is 2.52 bits per heavy atom. The van der Waals surface area contributed by atoms with Crippen LogP contribution in [-0.4, -0.2) is 94.7 Å². The molecule has 0 aliphatic carbocycles. The molecule has 248 valence electrons. The number of hydrogen-bond acceptors (Lipinski definition) is 6. The van der Waals surface area contributed by atoms with Gasteiger partial charge in [-0.15, -0.1) is 0 Å². The lowest BCUT2D eigenvalue weighted by atomic mass is 9.88. The number of aryl methyl sites for hydroxylation is 1. The average Bonchev–Trinajstić information content (AvgIpc) is 3.66. The van der Waals surface area contributed by atoms with Crippen molar-refractivity contribution in [3.8, 4) is 0 Å². The highest BCUT2D eigenvalue weighted by Crippen LogP contribution is 2.38. The van der Waals surface area contributed by atoms with Crippen molar-refractivity contribution in [3.05, 3.63) is 77.1 Å². The van der Waals surface area contributed by atoms with E-state index in [-0.39, 0.29) is 44.5 Å². The Morgan fingerprint density at radius 1 is 1.04 bits per heavy atom. The van der Waals surface area contributed by atoms with E-state index < -0.39 is 29.4 Å². The minimum Gasteiger partial charge on any atom is -0.395 e. The molecule has 4 heterocycles. The van der Waals surface area contributed by atoms with Crippen molar-refractivity contribution in [2.75, 3.05) is 62.6 Å². The van der Waals surface area contributed by atoms with Crippen molar-refractivity contribution >= 4 is 17.5 Å². The molecule has 0 bridgehead atoms. The molecular formula is C34H42F4N6O2. The summed E-state index contributed by atoms with van der Waals surface area (Å²) in [7, 11) is 0. The van der Waals surface area contributed by atoms with Crippen LogP contribution in [0, 0.1) is 24.5 Å². The Bertz CT molecular complexity index is 1510. The van der Waals surface area contributed by atoms with Crippen LogP contribution in [0.4, 0.5) is 29.2 Å². The van der Waals surface area contributed by atoms with Crippen LogP contribution in [0.25, 0.3) is 0 Å². The summed E-state index contributed by atoms with van der Waals surface area (Å²) in [6.07, 6.45) is 4.74. The number of nitrogens with zero attached hydrogens (tertiary/aromatic N) is 5. The second kappa shape index (κ2) is 13.7. The number of amides is 1. The molecule has 3 saturated heterocycles. The SMILES string of the molecule is Cc1ccc(Cn2ccnc2NC(=O)[C@@H]2CN(C3CCN(CCO)CC3)C[C@H]2c2ccc(F)cc2F)c(N2CCC(F)(F)CC2)c1. The third-order valence-corrected chi connectivity index (χ3v) is 9.90. The van der Waals surface area contributed by atoms with Gasteiger partial charge >= 0.3 is 0 Å². The number of anilines is 2. The minimum absolute atomic E-state index is 0.112. The molecule has 3 aliphatic heterocycles. The molecule has 0 spiro atoms. The molecule has 6 rings (SSSR count). The maximum absolute atomic E-state index is 15.1. The number of imidazole rings is 1. The number of aliphatic hydroxyl groups excluding tert-OH is 1. The molecule has 2 N–H and O–H groups in total. The molecule has 8 nitrogen and oxygen atoms in total. The number of β-amino-alcohol motifs (C(OH)–C–C–N with tert-alkyl or cyclic N) is 1. The number of alkyl halides is 2. The fourth-order valence-corrected chi connectivity index (χ4v) is 7.29. The lowest BCUT2D eigenvalue weighted by molar-refractivity contribution is -0.120. The topological polar surface area (TPSA) is 76.9 Å². The molecule has 2 aromatic carbocycles. The molecule has 3 aromatic rings. The fraction of sp³-hybridized carbons (Fsp3) is 0.529. The van der Waals surface area contributed by atoms with Crippen molar-refractivity contribution in [1.82, 2.24) is 19.4 Å². The largest absolute Gasteiger partial charge is 0.395 e. The Labute approximate surface area is 267 Å². The van der Waals surface area contributed by atoms with Crippen LogP contribution in [0.3, 0.4) is 0 Å². The molecular weight excluding hydrogens is 600 g/mol. The molecule has 3 fully saturated rings. The number of halogens is 4. The van der Waals surface area contributed by atoms with Gasteiger partial charge in [-0.1, -0.05) is 18.2 Å². The van der Waals surface area contributed by atoms with E-state index >= 15 is 4.39 Å². The van der Waals surface area contributed by atoms with Gasteiger partial charge in [-0.3, -0.25) is 15.0 Å². The molecule has 1 amide bonds. The van der Waals surface area contributed by atoms with Gasteiger partial charge in [0.15, 0.2) is 0 Å². The third kappa shape index (κ3) is 7.24. The van der Waals surface area contributed by atoms with Crippen molar-refractivity contribution in [2.45, 2.75) is 57.0 Å². The van der Waals surface area contributed by atoms with Crippen LogP contribution in [0.1, 0.15) is 48.3 Å². The predicted molar refractivity (Wildman–Crippen MR) is 168 cm³/mol. The van der Waals surface area contributed by atoms with Gasteiger partial charge in [0, 0.05) is 81.7 Å². The summed E-state index contributed by atoms with van der Waals surface area (Å²) < 4.78 is 58.6. The number of rotatable bonds is 9. The first-order valence-electron chi connectivity index (χ1n) is 16.2. The lowest BCUT2D eigenvalue weighted by Crippen LogP contribution is -2.45. The molecule has 12 heteroatoms. The van der Waals surface area contributed by atoms with Gasteiger partial charge in [-0.2, -0.15) is 0 Å². The molecule has 46 heavy (non-hydrogen) atoms. The number of benzene rings is 2. The number of hydrogen-bond donors (Lipinski definition) is 2. The van der Waals surface area contributed by atoms with E-state index in [1.807, 2.05) is 34.6 Å². The zero-order valence-corrected chi connectivity index (χ0v) is 26.1. The van der Waals surface area contributed by atoms with Crippen molar-refractivity contribution in [1.29, 1.82) is 0 Å². The average molecular weight is 643 g/mol. The van der Waals surface area contributed by atoms with E-state index in [0.29, 0.717) is 37.7 Å². The van der Waals surface area contributed by atoms with Gasteiger partial charge in [0.1, 0.15) is 11.6 Å². The predicted octanol–water partition coefficient (Wildman–Crippen LogP) is 4.86. The summed E-state index contributed by atoms with van der Waals surface area (Å²) >= 11 is 0. The normalized spacial score (nSPS) is 22.8. The highest BCUT2D eigenvalue weighted by molar-refractivity contribution is 5.92. The lowest BCUT2D eigenvalue weighted by Gasteiger charge is -2.36. The Balaban J connectivity index is 1.20. The molecule has 1 aromatic heterocycles. The first-order chi connectivity index (χ1) is 22.1. The Kier molecular flexibility index (Phi) is 9.67. The summed E-state index contributed by atoms with van der Waals surface area (Å²) in [4.78, 5) is 24.8. The number of nitrogens with one attached hydrogen (secondary N) is 1. The summed E-state index contributed by atoms with van der Waals surface area (Å²) in [6, 6.07) is 9.74. The van der Waals surface area contributed by atoms with E-state index in [2.05, 4.69) is 20.1 Å². The number of carbonyl (C=O) groups excluding carboxylic acids is 1. The number of carbonyl (C=O) groups is 1. The first-order valence-corrected chi connectivity index (χ1v) is 16.2. The van der Waals surface area contributed by atoms with Crippen molar-refractivity contribution < 1.29 is 27.5 Å². The maximum atomic E-state index is 15.1. The number of likely N-dealkylation sites (tertiary alicyclic amines) is 2. The minimum atomic E-state index is -2.65. The highest BCUT2D eigenvalue weighted by atomic mass is 19.3. The van der Waals surface area contributed by atoms with Crippen LogP contribution >= 0.6 is 0 Å². The highest BCUT2D eigenvalue weighted by Gasteiger charge is 2.43. The third-order valence-electron chi connectivity index (χ3n) is 9.90. The standard InChI is InChI=1S/C34H42F4N6O2/c1-23-2-3-24(31(18-23)42-13-8-34(37,38)9-14-42)20-43-15-10-39-33(43)40-32(46)29-22-44(26-6-11-41(12-7-26)16-17-45)21-28(29)27-5-4-25(35)19-30(27)36/h2-5,10,15,18-19,26,28-29,45H,6-9,11-14,16-17,20-22H2,1H3,(H,39,40,46)/t28-,29+/m0/s1. The van der Waals surface area contributed by atoms with Gasteiger partial charge in [0.25, 0.3) is 5.92 Å². The van der Waals surface area contributed by atoms with E-state index in [1.54, 1.807) is 12.4 Å². The molecule has 0 saturated carbocycles. The summed E-state index contributed by atoms with van der Waals surface area (Å²) in [5, 5.41) is 12.3. The van der Waals surface area contributed by atoms with Crippen LogP contribution in [-0.2, 0) is 11.3 Å². The first kappa shape index (κ1) is 32.5. The van der Waals surface area contributed by atoms with Gasteiger partial charge < -0.3 is 19.5 Å². The Morgan fingerprint density at radius 2 is 1.80 bits per heavy atom. The number of aromatic nitrogens is 2. The second-order valence-electron chi connectivity index (χ2n) is 13.0. The molecule has 3 aliphatic rings. The summed E-state index contributed by atoms with van der Waals surface area (Å²) in [6.45, 7) is 6.19. The van der Waals surface area contributed by atoms with Gasteiger partial charge in [-0.05, 0) is 61.7 Å². The second-order valence-corrected chi connectivity index (χ2v) is 13.0. The fourth-order valence-electron chi connectivity index (χ4n) is 7.29. The molecule has 2 atom stereocenters. The van der Waals surface area contributed by atoms with Crippen molar-refractivity contribution in [3.63, 3.8) is 0 Å². The number of aliphatic hydroxyl groups is 1. The van der Waals surface area contributed by atoms with Crippen LogP contribution < -0.4 is 10.2 Å². The summed E-state index contributed by atoms with van der Waals surface area (Å²) in [5.41, 5.74) is 3.17. The van der Waals surface area contributed by atoms with Gasteiger partial charge in [0.2, 0.25) is 11.9 Å². The van der Waals surface area contributed by atoms with Crippen molar-refractivity contribution in [2.24, 2.45) is 5.92 Å². The maximum Gasteiger partial charge on any atom is 0.251 e. The zero-order chi connectivity index (χ0) is 32.4. The van der Waals surface area contributed by atoms with Crippen LogP contribution in [0.15, 0.2) is 48.8 Å². The molecule has 0 unspecified atom stereocenters. The molecule has 0 radical (unpaired) electrons. The van der Waals surface area contributed by atoms with E-state index in [1.165, 1.54) is 12.1 Å². The summed E-state index contributed by atoms with van der Waals surface area (Å²) in [5.74, 6) is -4.98. The Hall–Kier alpha value is -3.48. The number of piperidine rings is 2. The zero-order valence-electron chi connectivity index (χ0n) is 26.1.